The van der Waals surface area contributed by atoms with Gasteiger partial charge in [0.25, 0.3) is 0 Å². The zero-order valence-corrected chi connectivity index (χ0v) is 21.0. The van der Waals surface area contributed by atoms with Crippen LogP contribution in [0.25, 0.3) is 47.4 Å². The second-order valence-corrected chi connectivity index (χ2v) is 10.0. The molecule has 0 aliphatic rings. The predicted octanol–water partition coefficient (Wildman–Crippen LogP) is 9.85. The Bertz CT molecular complexity index is 1560. The van der Waals surface area contributed by atoms with Gasteiger partial charge in [-0.1, -0.05) is 61.9 Å². The van der Waals surface area contributed by atoms with E-state index in [0.717, 1.165) is 24.1 Å². The molecular formula is C31H28N2S. The molecule has 0 bridgehead atoms. The van der Waals surface area contributed by atoms with Crippen LogP contribution in [0.15, 0.2) is 66.9 Å². The van der Waals surface area contributed by atoms with Gasteiger partial charge in [0.05, 0.1) is 17.0 Å². The van der Waals surface area contributed by atoms with Crippen LogP contribution in [0.1, 0.15) is 49.3 Å². The maximum absolute atomic E-state index is 7.32. The van der Waals surface area contributed by atoms with Crippen LogP contribution in [-0.2, 0) is 0 Å². The van der Waals surface area contributed by atoms with Crippen molar-refractivity contribution in [2.75, 3.05) is 0 Å². The Balaban J connectivity index is 1.75. The Kier molecular flexibility index (Phi) is 5.94. The van der Waals surface area contributed by atoms with Crippen molar-refractivity contribution in [1.82, 2.24) is 4.98 Å². The van der Waals surface area contributed by atoms with Gasteiger partial charge in [0.15, 0.2) is 5.69 Å². The molecule has 2 heterocycles. The standard InChI is InChI=1S/C31H28N2S/c1-6-21(7-2)28-18-23(17-22-10-8-9-11-27(22)28)29-31-26(14-15-33-29)20(4)30(34-31)25-13-12-24(32-5)16-19(25)3/h8-18,21H,6-7H2,1-4H3. The first-order valence-corrected chi connectivity index (χ1v) is 12.8. The predicted molar refractivity (Wildman–Crippen MR) is 147 cm³/mol. The molecule has 34 heavy (non-hydrogen) atoms. The Morgan fingerprint density at radius 1 is 0.941 bits per heavy atom. The molecule has 0 N–H and O–H groups in total. The molecule has 0 aliphatic heterocycles. The van der Waals surface area contributed by atoms with Gasteiger partial charge in [-0.05, 0) is 83.7 Å². The Hall–Kier alpha value is -3.48. The van der Waals surface area contributed by atoms with Crippen molar-refractivity contribution >= 4 is 37.9 Å². The highest BCUT2D eigenvalue weighted by Crippen LogP contribution is 2.44. The number of nitrogens with zero attached hydrogens (tertiary/aromatic N) is 2. The molecule has 5 rings (SSSR count). The molecule has 0 radical (unpaired) electrons. The fraction of sp³-hybridized carbons (Fsp3) is 0.226. The fourth-order valence-electron chi connectivity index (χ4n) is 5.13. The summed E-state index contributed by atoms with van der Waals surface area (Å²) in [5.74, 6) is 0.535. The van der Waals surface area contributed by atoms with Crippen LogP contribution in [0.4, 0.5) is 5.69 Å². The number of benzene rings is 3. The second kappa shape index (κ2) is 9.05. The maximum atomic E-state index is 7.32. The van der Waals surface area contributed by atoms with E-state index in [2.05, 4.69) is 81.1 Å². The summed E-state index contributed by atoms with van der Waals surface area (Å²) in [4.78, 5) is 9.76. The van der Waals surface area contributed by atoms with Gasteiger partial charge in [-0.2, -0.15) is 0 Å². The summed E-state index contributed by atoms with van der Waals surface area (Å²) in [6.07, 6.45) is 4.20. The largest absolute Gasteiger partial charge is 0.255 e. The molecule has 168 valence electrons. The summed E-state index contributed by atoms with van der Waals surface area (Å²) in [6.45, 7) is 16.2. The summed E-state index contributed by atoms with van der Waals surface area (Å²) in [6, 6.07) is 21.6. The number of hydrogen-bond acceptors (Lipinski definition) is 2. The molecule has 2 aromatic heterocycles. The first-order valence-electron chi connectivity index (χ1n) is 11.9. The molecule has 5 aromatic rings. The molecular weight excluding hydrogens is 432 g/mol. The van der Waals surface area contributed by atoms with Crippen molar-refractivity contribution in [2.45, 2.75) is 46.5 Å². The molecule has 2 nitrogen and oxygen atoms in total. The third-order valence-corrected chi connectivity index (χ3v) is 8.38. The van der Waals surface area contributed by atoms with Gasteiger partial charge in [-0.25, -0.2) is 4.85 Å². The minimum atomic E-state index is 0.535. The number of fused-ring (bicyclic) bond motifs is 2. The minimum Gasteiger partial charge on any atom is -0.255 e. The van der Waals surface area contributed by atoms with E-state index in [-0.39, 0.29) is 0 Å². The number of hydrogen-bond donors (Lipinski definition) is 0. The smallest absolute Gasteiger partial charge is 0.187 e. The minimum absolute atomic E-state index is 0.535. The Morgan fingerprint density at radius 2 is 1.74 bits per heavy atom. The summed E-state index contributed by atoms with van der Waals surface area (Å²) in [5.41, 5.74) is 7.99. The lowest BCUT2D eigenvalue weighted by Crippen LogP contribution is -1.98. The number of pyridine rings is 1. The molecule has 0 fully saturated rings. The van der Waals surface area contributed by atoms with Crippen molar-refractivity contribution in [3.05, 3.63) is 95.0 Å². The lowest BCUT2D eigenvalue weighted by molar-refractivity contribution is 0.647. The van der Waals surface area contributed by atoms with E-state index in [4.69, 9.17) is 11.6 Å². The third-order valence-electron chi connectivity index (χ3n) is 7.03. The Labute approximate surface area is 205 Å². The van der Waals surface area contributed by atoms with Crippen molar-refractivity contribution in [3.63, 3.8) is 0 Å². The normalized spacial score (nSPS) is 11.4. The molecule has 3 aromatic carbocycles. The van der Waals surface area contributed by atoms with E-state index in [9.17, 15) is 0 Å². The monoisotopic (exact) mass is 460 g/mol. The van der Waals surface area contributed by atoms with Crippen LogP contribution in [0, 0.1) is 20.4 Å². The summed E-state index contributed by atoms with van der Waals surface area (Å²) >= 11 is 1.82. The number of aromatic nitrogens is 1. The highest BCUT2D eigenvalue weighted by molar-refractivity contribution is 7.23. The van der Waals surface area contributed by atoms with Crippen molar-refractivity contribution in [3.8, 4) is 21.7 Å². The molecule has 0 saturated heterocycles. The number of rotatable bonds is 5. The van der Waals surface area contributed by atoms with Crippen LogP contribution in [-0.4, -0.2) is 4.98 Å². The lowest BCUT2D eigenvalue weighted by atomic mass is 9.87. The zero-order chi connectivity index (χ0) is 23.8. The highest BCUT2D eigenvalue weighted by atomic mass is 32.1. The van der Waals surface area contributed by atoms with Gasteiger partial charge in [0.1, 0.15) is 0 Å². The van der Waals surface area contributed by atoms with Gasteiger partial charge in [-0.15, -0.1) is 11.3 Å². The molecule has 0 amide bonds. The van der Waals surface area contributed by atoms with E-state index in [1.165, 1.54) is 48.0 Å². The first kappa shape index (κ1) is 22.3. The van der Waals surface area contributed by atoms with E-state index in [1.807, 2.05) is 29.7 Å². The van der Waals surface area contributed by atoms with Gasteiger partial charge in [0, 0.05) is 16.6 Å². The van der Waals surface area contributed by atoms with Crippen molar-refractivity contribution in [2.24, 2.45) is 0 Å². The quantitative estimate of drug-likeness (QED) is 0.239. The van der Waals surface area contributed by atoms with Crippen LogP contribution < -0.4 is 0 Å². The molecule has 0 spiro atoms. The highest BCUT2D eigenvalue weighted by Gasteiger charge is 2.19. The summed E-state index contributed by atoms with van der Waals surface area (Å²) in [5, 5.41) is 3.89. The Morgan fingerprint density at radius 3 is 2.47 bits per heavy atom. The van der Waals surface area contributed by atoms with Gasteiger partial charge >= 0.3 is 0 Å². The topological polar surface area (TPSA) is 17.2 Å². The number of thiophene rings is 1. The van der Waals surface area contributed by atoms with Crippen LogP contribution >= 0.6 is 11.3 Å². The molecule has 3 heteroatoms. The first-order chi connectivity index (χ1) is 16.5. The second-order valence-electron chi connectivity index (χ2n) is 9.00. The van der Waals surface area contributed by atoms with E-state index in [1.54, 1.807) is 0 Å². The molecule has 0 saturated carbocycles. The van der Waals surface area contributed by atoms with Gasteiger partial charge < -0.3 is 0 Å². The average Bonchev–Trinajstić information content (AvgIpc) is 3.20. The van der Waals surface area contributed by atoms with Crippen LogP contribution in [0.3, 0.4) is 0 Å². The van der Waals surface area contributed by atoms with Crippen LogP contribution in [0.2, 0.25) is 0 Å². The van der Waals surface area contributed by atoms with E-state index in [0.29, 0.717) is 11.6 Å². The molecule has 0 aliphatic carbocycles. The van der Waals surface area contributed by atoms with Gasteiger partial charge in [-0.3, -0.25) is 4.98 Å². The fourth-order valence-corrected chi connectivity index (χ4v) is 6.53. The van der Waals surface area contributed by atoms with E-state index >= 15 is 0 Å². The average molecular weight is 461 g/mol. The van der Waals surface area contributed by atoms with Gasteiger partial charge in [0.2, 0.25) is 0 Å². The molecule has 0 atom stereocenters. The SMILES string of the molecule is [C-]#[N+]c1ccc(-c2sc3c(-c4cc(C(CC)CC)c5ccccc5c4)nccc3c2C)c(C)c1. The van der Waals surface area contributed by atoms with Crippen molar-refractivity contribution in [1.29, 1.82) is 0 Å². The lowest BCUT2D eigenvalue weighted by Gasteiger charge is -2.18. The van der Waals surface area contributed by atoms with Crippen molar-refractivity contribution < 1.29 is 0 Å². The number of aryl methyl sites for hydroxylation is 2. The summed E-state index contributed by atoms with van der Waals surface area (Å²) < 4.78 is 1.23. The maximum Gasteiger partial charge on any atom is 0.187 e. The van der Waals surface area contributed by atoms with Crippen LogP contribution in [0.5, 0.6) is 0 Å². The van der Waals surface area contributed by atoms with E-state index < -0.39 is 0 Å². The molecule has 0 unspecified atom stereocenters. The third kappa shape index (κ3) is 3.69. The summed E-state index contributed by atoms with van der Waals surface area (Å²) in [7, 11) is 0. The zero-order valence-electron chi connectivity index (χ0n) is 20.1.